The summed E-state index contributed by atoms with van der Waals surface area (Å²) < 4.78 is 1.95. The molecule has 1 atom stereocenters. The number of hydrogen-bond acceptors (Lipinski definition) is 2. The van der Waals surface area contributed by atoms with Gasteiger partial charge < -0.3 is 10.6 Å². The summed E-state index contributed by atoms with van der Waals surface area (Å²) in [5.41, 5.74) is 6.30. The molecule has 0 aliphatic carbocycles. The maximum absolute atomic E-state index is 4.50. The van der Waals surface area contributed by atoms with Gasteiger partial charge in [-0.25, -0.2) is 0 Å². The van der Waals surface area contributed by atoms with Crippen molar-refractivity contribution in [1.82, 2.24) is 20.4 Å². The first-order chi connectivity index (χ1) is 11.9. The summed E-state index contributed by atoms with van der Waals surface area (Å²) in [7, 11) is 3.81. The molecule has 5 heteroatoms. The van der Waals surface area contributed by atoms with Crippen molar-refractivity contribution < 1.29 is 0 Å². The van der Waals surface area contributed by atoms with E-state index in [0.29, 0.717) is 0 Å². The van der Waals surface area contributed by atoms with Gasteiger partial charge in [0.05, 0.1) is 5.69 Å². The Morgan fingerprint density at radius 2 is 2.04 bits per heavy atom. The largest absolute Gasteiger partial charge is 0.356 e. The van der Waals surface area contributed by atoms with Gasteiger partial charge in [0.2, 0.25) is 0 Å². The van der Waals surface area contributed by atoms with Gasteiger partial charge in [-0.2, -0.15) is 5.10 Å². The summed E-state index contributed by atoms with van der Waals surface area (Å²) in [6.07, 6.45) is 1.92. The van der Waals surface area contributed by atoms with E-state index in [1.54, 1.807) is 0 Å². The Morgan fingerprint density at radius 1 is 1.28 bits per heavy atom. The Hall–Kier alpha value is -2.30. The topological polar surface area (TPSA) is 54.2 Å². The van der Waals surface area contributed by atoms with Crippen molar-refractivity contribution in [2.45, 2.75) is 46.6 Å². The fourth-order valence-corrected chi connectivity index (χ4v) is 3.09. The first-order valence-corrected chi connectivity index (χ1v) is 8.92. The molecule has 2 N–H and O–H groups in total. The van der Waals surface area contributed by atoms with Crippen LogP contribution < -0.4 is 10.6 Å². The standard InChI is InChI=1S/C20H31N5/c1-14-8-7-9-18(12-14)10-11-22-20(21-5)23-15(2)13-19-16(3)24-25(6)17(19)4/h7-9,12,15H,10-11,13H2,1-6H3,(H2,21,22,23). The minimum Gasteiger partial charge on any atom is -0.356 e. The first-order valence-electron chi connectivity index (χ1n) is 8.92. The zero-order chi connectivity index (χ0) is 18.4. The number of nitrogens with one attached hydrogen (secondary N) is 2. The molecule has 2 aromatic rings. The smallest absolute Gasteiger partial charge is 0.191 e. The predicted molar refractivity (Wildman–Crippen MR) is 105 cm³/mol. The fraction of sp³-hybridized carbons (Fsp3) is 0.500. The van der Waals surface area contributed by atoms with Crippen LogP contribution in [0.3, 0.4) is 0 Å². The summed E-state index contributed by atoms with van der Waals surface area (Å²) >= 11 is 0. The van der Waals surface area contributed by atoms with Crippen LogP contribution in [-0.2, 0) is 19.9 Å². The molecular weight excluding hydrogens is 310 g/mol. The lowest BCUT2D eigenvalue weighted by molar-refractivity contribution is 0.635. The highest BCUT2D eigenvalue weighted by Gasteiger charge is 2.13. The minimum atomic E-state index is 0.284. The number of hydrogen-bond donors (Lipinski definition) is 2. The van der Waals surface area contributed by atoms with Gasteiger partial charge in [-0.15, -0.1) is 0 Å². The third-order valence-electron chi connectivity index (χ3n) is 4.56. The average Bonchev–Trinajstić information content (AvgIpc) is 2.80. The second-order valence-corrected chi connectivity index (χ2v) is 6.76. The summed E-state index contributed by atoms with van der Waals surface area (Å²) in [4.78, 5) is 4.34. The van der Waals surface area contributed by atoms with Crippen molar-refractivity contribution in [2.75, 3.05) is 13.6 Å². The number of guanidine groups is 1. The van der Waals surface area contributed by atoms with E-state index in [1.165, 1.54) is 22.4 Å². The van der Waals surface area contributed by atoms with Gasteiger partial charge in [-0.3, -0.25) is 9.67 Å². The fourth-order valence-electron chi connectivity index (χ4n) is 3.09. The zero-order valence-electron chi connectivity index (χ0n) is 16.3. The number of aryl methyl sites for hydroxylation is 3. The van der Waals surface area contributed by atoms with Crippen molar-refractivity contribution >= 4 is 5.96 Å². The maximum atomic E-state index is 4.50. The molecule has 0 radical (unpaired) electrons. The molecule has 0 bridgehead atoms. The monoisotopic (exact) mass is 341 g/mol. The molecule has 0 aliphatic heterocycles. The molecule has 0 fully saturated rings. The van der Waals surface area contributed by atoms with Crippen molar-refractivity contribution in [3.8, 4) is 0 Å². The van der Waals surface area contributed by atoms with Gasteiger partial charge in [0.1, 0.15) is 0 Å². The molecule has 1 heterocycles. The molecule has 1 unspecified atom stereocenters. The number of aliphatic imine (C=N–C) groups is 1. The Bertz CT molecular complexity index is 730. The van der Waals surface area contributed by atoms with Crippen molar-refractivity contribution in [3.05, 3.63) is 52.3 Å². The van der Waals surface area contributed by atoms with E-state index in [2.05, 4.69) is 72.7 Å². The van der Waals surface area contributed by atoms with Crippen LogP contribution in [0.1, 0.15) is 35.0 Å². The molecule has 0 amide bonds. The van der Waals surface area contributed by atoms with Crippen LogP contribution in [0.4, 0.5) is 0 Å². The minimum absolute atomic E-state index is 0.284. The van der Waals surface area contributed by atoms with Crippen LogP contribution >= 0.6 is 0 Å². The average molecular weight is 342 g/mol. The van der Waals surface area contributed by atoms with E-state index in [9.17, 15) is 0 Å². The lowest BCUT2D eigenvalue weighted by Crippen LogP contribution is -2.43. The first kappa shape index (κ1) is 19.0. The highest BCUT2D eigenvalue weighted by Crippen LogP contribution is 2.14. The third-order valence-corrected chi connectivity index (χ3v) is 4.56. The highest BCUT2D eigenvalue weighted by atomic mass is 15.3. The number of rotatable bonds is 6. The molecule has 0 saturated carbocycles. The van der Waals surface area contributed by atoms with Crippen LogP contribution in [0.5, 0.6) is 0 Å². The lowest BCUT2D eigenvalue weighted by atomic mass is 10.1. The zero-order valence-corrected chi connectivity index (χ0v) is 16.3. The van der Waals surface area contributed by atoms with Crippen LogP contribution in [0.15, 0.2) is 29.3 Å². The SMILES string of the molecule is CN=C(NCCc1cccc(C)c1)NC(C)Cc1c(C)nn(C)c1C. The molecule has 2 rings (SSSR count). The molecule has 5 nitrogen and oxygen atoms in total. The van der Waals surface area contributed by atoms with Crippen LogP contribution in [0, 0.1) is 20.8 Å². The third kappa shape index (κ3) is 5.34. The Kier molecular flexibility index (Phi) is 6.62. The molecule has 136 valence electrons. The van der Waals surface area contributed by atoms with Crippen LogP contribution in [0.25, 0.3) is 0 Å². The van der Waals surface area contributed by atoms with Gasteiger partial charge >= 0.3 is 0 Å². The van der Waals surface area contributed by atoms with E-state index in [1.807, 2.05) is 18.8 Å². The summed E-state index contributed by atoms with van der Waals surface area (Å²) in [5.74, 6) is 0.847. The van der Waals surface area contributed by atoms with E-state index in [4.69, 9.17) is 0 Å². The van der Waals surface area contributed by atoms with Crippen LogP contribution in [-0.4, -0.2) is 35.4 Å². The Balaban J connectivity index is 1.84. The molecule has 1 aromatic carbocycles. The van der Waals surface area contributed by atoms with Gasteiger partial charge in [-0.05, 0) is 51.7 Å². The predicted octanol–water partition coefficient (Wildman–Crippen LogP) is 2.68. The van der Waals surface area contributed by atoms with E-state index >= 15 is 0 Å². The maximum Gasteiger partial charge on any atom is 0.191 e. The summed E-state index contributed by atoms with van der Waals surface area (Å²) in [6.45, 7) is 9.36. The van der Waals surface area contributed by atoms with Gasteiger partial charge in [0.25, 0.3) is 0 Å². The molecule has 0 saturated heterocycles. The van der Waals surface area contributed by atoms with E-state index in [0.717, 1.165) is 31.0 Å². The number of aromatic nitrogens is 2. The van der Waals surface area contributed by atoms with Crippen LogP contribution in [0.2, 0.25) is 0 Å². The van der Waals surface area contributed by atoms with Crippen molar-refractivity contribution in [1.29, 1.82) is 0 Å². The normalized spacial score (nSPS) is 13.0. The molecule has 1 aromatic heterocycles. The second-order valence-electron chi connectivity index (χ2n) is 6.76. The van der Waals surface area contributed by atoms with Gasteiger partial charge in [0, 0.05) is 32.4 Å². The number of benzene rings is 1. The summed E-state index contributed by atoms with van der Waals surface area (Å²) in [5, 5.41) is 11.4. The Morgan fingerprint density at radius 3 is 2.64 bits per heavy atom. The van der Waals surface area contributed by atoms with E-state index in [-0.39, 0.29) is 6.04 Å². The quantitative estimate of drug-likeness (QED) is 0.627. The second kappa shape index (κ2) is 8.70. The van der Waals surface area contributed by atoms with E-state index < -0.39 is 0 Å². The molecule has 25 heavy (non-hydrogen) atoms. The summed E-state index contributed by atoms with van der Waals surface area (Å²) in [6, 6.07) is 8.92. The van der Waals surface area contributed by atoms with Crippen molar-refractivity contribution in [3.63, 3.8) is 0 Å². The molecule has 0 aliphatic rings. The molecular formula is C20H31N5. The highest BCUT2D eigenvalue weighted by molar-refractivity contribution is 5.79. The Labute approximate surface area is 151 Å². The number of nitrogens with zero attached hydrogens (tertiary/aromatic N) is 3. The molecule has 0 spiro atoms. The van der Waals surface area contributed by atoms with Gasteiger partial charge in [-0.1, -0.05) is 29.8 Å². The van der Waals surface area contributed by atoms with Crippen molar-refractivity contribution in [2.24, 2.45) is 12.0 Å². The lowest BCUT2D eigenvalue weighted by Gasteiger charge is -2.18. The van der Waals surface area contributed by atoms with Gasteiger partial charge in [0.15, 0.2) is 5.96 Å².